The molecule has 1 aromatic rings. The van der Waals surface area contributed by atoms with Crippen LogP contribution in [0.2, 0.25) is 0 Å². The molecule has 4 nitrogen and oxygen atoms in total. The quantitative estimate of drug-likeness (QED) is 0.649. The summed E-state index contributed by atoms with van der Waals surface area (Å²) in [5, 5.41) is 10.7. The minimum absolute atomic E-state index is 0.0421. The maximum absolute atomic E-state index is 13.2. The van der Waals surface area contributed by atoms with Crippen LogP contribution in [0.5, 0.6) is 0 Å². The molecule has 0 heterocycles. The lowest BCUT2D eigenvalue weighted by atomic mass is 10.0. The van der Waals surface area contributed by atoms with Crippen molar-refractivity contribution in [3.8, 4) is 0 Å². The van der Waals surface area contributed by atoms with E-state index in [-0.39, 0.29) is 11.3 Å². The fraction of sp³-hybridized carbons (Fsp3) is 0.500. The van der Waals surface area contributed by atoms with Crippen LogP contribution in [0.4, 0.5) is 10.1 Å². The molecule has 92 valence electrons. The predicted octanol–water partition coefficient (Wildman–Crippen LogP) is 2.43. The van der Waals surface area contributed by atoms with Crippen LogP contribution in [0, 0.1) is 27.3 Å². The summed E-state index contributed by atoms with van der Waals surface area (Å²) in [5.74, 6) is -0.291. The van der Waals surface area contributed by atoms with Gasteiger partial charge in [-0.1, -0.05) is 19.9 Å². The van der Waals surface area contributed by atoms with Crippen molar-refractivity contribution in [3.05, 3.63) is 39.7 Å². The molecule has 0 aromatic heterocycles. The number of benzene rings is 1. The summed E-state index contributed by atoms with van der Waals surface area (Å²) in [6.07, 6.45) is 0. The Hall–Kier alpha value is -1.49. The molecule has 2 atom stereocenters. The molecule has 2 N–H and O–H groups in total. The van der Waals surface area contributed by atoms with Crippen molar-refractivity contribution in [2.24, 2.45) is 17.1 Å². The number of halogens is 1. The highest BCUT2D eigenvalue weighted by Crippen LogP contribution is 2.64. The normalized spacial score (nSPS) is 25.6. The second-order valence-corrected chi connectivity index (χ2v) is 5.11. The van der Waals surface area contributed by atoms with Crippen LogP contribution in [-0.2, 0) is 0 Å². The van der Waals surface area contributed by atoms with Gasteiger partial charge in [0.05, 0.1) is 4.92 Å². The molecular formula is C12H15FN2O2. The standard InChI is InChI=1S/C12H15FN2O2/c1-12(2)8(6-14)11(12)7-3-4-9(13)10(5-7)15(16)17/h3-5,8,11H,6,14H2,1-2H3/t8-,11-/m0/s1. The number of rotatable bonds is 3. The van der Waals surface area contributed by atoms with Crippen molar-refractivity contribution in [3.63, 3.8) is 0 Å². The number of nitro benzene ring substituents is 1. The fourth-order valence-corrected chi connectivity index (χ4v) is 2.71. The Bertz CT molecular complexity index is 474. The maximum atomic E-state index is 13.2. The van der Waals surface area contributed by atoms with Gasteiger partial charge in [-0.15, -0.1) is 0 Å². The Labute approximate surface area is 98.8 Å². The summed E-state index contributed by atoms with van der Waals surface area (Å²) in [6, 6.07) is 4.11. The van der Waals surface area contributed by atoms with Crippen LogP contribution in [-0.4, -0.2) is 11.5 Å². The molecule has 2 rings (SSSR count). The zero-order valence-corrected chi connectivity index (χ0v) is 9.81. The van der Waals surface area contributed by atoms with Crippen LogP contribution >= 0.6 is 0 Å². The van der Waals surface area contributed by atoms with Gasteiger partial charge in [-0.2, -0.15) is 4.39 Å². The topological polar surface area (TPSA) is 69.2 Å². The molecule has 0 unspecified atom stereocenters. The zero-order chi connectivity index (χ0) is 12.8. The number of nitro groups is 1. The smallest absolute Gasteiger partial charge is 0.305 e. The zero-order valence-electron chi connectivity index (χ0n) is 9.81. The second-order valence-electron chi connectivity index (χ2n) is 5.11. The number of nitrogens with zero attached hydrogens (tertiary/aromatic N) is 1. The molecule has 17 heavy (non-hydrogen) atoms. The van der Waals surface area contributed by atoms with E-state index < -0.39 is 16.4 Å². The SMILES string of the molecule is CC1(C)[C@@H](CN)[C@@H]1c1ccc(F)c([N+](=O)[O-])c1. The number of hydrogen-bond acceptors (Lipinski definition) is 3. The largest absolute Gasteiger partial charge is 0.330 e. The van der Waals surface area contributed by atoms with Gasteiger partial charge in [0.1, 0.15) is 0 Å². The van der Waals surface area contributed by atoms with Crippen LogP contribution < -0.4 is 5.73 Å². The first-order valence-electron chi connectivity index (χ1n) is 5.53. The molecule has 1 aliphatic carbocycles. The Morgan fingerprint density at radius 1 is 1.53 bits per heavy atom. The summed E-state index contributed by atoms with van der Waals surface area (Å²) in [5.41, 5.74) is 6.05. The molecule has 1 aliphatic rings. The lowest BCUT2D eigenvalue weighted by Gasteiger charge is -2.03. The summed E-state index contributed by atoms with van der Waals surface area (Å²) in [6.45, 7) is 4.69. The lowest BCUT2D eigenvalue weighted by molar-refractivity contribution is -0.387. The highest BCUT2D eigenvalue weighted by molar-refractivity contribution is 5.42. The van der Waals surface area contributed by atoms with E-state index in [1.165, 1.54) is 6.07 Å². The molecule has 0 saturated heterocycles. The van der Waals surface area contributed by atoms with Crippen molar-refractivity contribution in [2.75, 3.05) is 6.54 Å². The molecule has 5 heteroatoms. The molecule has 0 radical (unpaired) electrons. The highest BCUT2D eigenvalue weighted by Gasteiger charge is 2.57. The molecular weight excluding hydrogens is 223 g/mol. The monoisotopic (exact) mass is 238 g/mol. The van der Waals surface area contributed by atoms with E-state index in [0.717, 1.165) is 11.6 Å². The van der Waals surface area contributed by atoms with Gasteiger partial charge in [0.25, 0.3) is 0 Å². The number of hydrogen-bond donors (Lipinski definition) is 1. The van der Waals surface area contributed by atoms with Crippen molar-refractivity contribution < 1.29 is 9.31 Å². The van der Waals surface area contributed by atoms with Crippen LogP contribution in [0.15, 0.2) is 18.2 Å². The average molecular weight is 238 g/mol. The first-order chi connectivity index (χ1) is 7.89. The van der Waals surface area contributed by atoms with Gasteiger partial charge >= 0.3 is 5.69 Å². The Morgan fingerprint density at radius 2 is 2.18 bits per heavy atom. The summed E-state index contributed by atoms with van der Waals surface area (Å²) in [7, 11) is 0. The van der Waals surface area contributed by atoms with Crippen LogP contribution in [0.25, 0.3) is 0 Å². The van der Waals surface area contributed by atoms with Crippen molar-refractivity contribution >= 4 is 5.69 Å². The van der Waals surface area contributed by atoms with Crippen molar-refractivity contribution in [1.82, 2.24) is 0 Å². The molecule has 1 saturated carbocycles. The van der Waals surface area contributed by atoms with Crippen LogP contribution in [0.3, 0.4) is 0 Å². The number of nitrogens with two attached hydrogens (primary N) is 1. The molecule has 0 bridgehead atoms. The Balaban J connectivity index is 2.36. The minimum atomic E-state index is -0.790. The van der Waals surface area contributed by atoms with Crippen molar-refractivity contribution in [2.45, 2.75) is 19.8 Å². The van der Waals surface area contributed by atoms with Crippen molar-refractivity contribution in [1.29, 1.82) is 0 Å². The third-order valence-electron chi connectivity index (χ3n) is 3.83. The first kappa shape index (κ1) is 12.0. The summed E-state index contributed by atoms with van der Waals surface area (Å²) < 4.78 is 13.2. The van der Waals surface area contributed by atoms with E-state index in [4.69, 9.17) is 5.73 Å². The summed E-state index contributed by atoms with van der Waals surface area (Å²) in [4.78, 5) is 9.98. The van der Waals surface area contributed by atoms with Crippen LogP contribution in [0.1, 0.15) is 25.3 Å². The van der Waals surface area contributed by atoms with E-state index in [9.17, 15) is 14.5 Å². The van der Waals surface area contributed by atoms with E-state index in [0.29, 0.717) is 12.5 Å². The third-order valence-corrected chi connectivity index (χ3v) is 3.83. The van der Waals surface area contributed by atoms with E-state index in [2.05, 4.69) is 13.8 Å². The molecule has 1 aromatic carbocycles. The second kappa shape index (κ2) is 3.77. The first-order valence-corrected chi connectivity index (χ1v) is 5.53. The molecule has 0 amide bonds. The summed E-state index contributed by atoms with van der Waals surface area (Å²) >= 11 is 0. The van der Waals surface area contributed by atoms with Gasteiger partial charge in [-0.3, -0.25) is 10.1 Å². The Kier molecular flexibility index (Phi) is 2.66. The van der Waals surface area contributed by atoms with E-state index in [1.54, 1.807) is 6.07 Å². The average Bonchev–Trinajstić information content (AvgIpc) is 2.81. The van der Waals surface area contributed by atoms with E-state index >= 15 is 0 Å². The van der Waals surface area contributed by atoms with E-state index in [1.807, 2.05) is 0 Å². The van der Waals surface area contributed by atoms with Gasteiger partial charge in [0, 0.05) is 6.07 Å². The Morgan fingerprint density at radius 3 is 2.65 bits per heavy atom. The minimum Gasteiger partial charge on any atom is -0.330 e. The van der Waals surface area contributed by atoms with Gasteiger partial charge in [0.15, 0.2) is 0 Å². The van der Waals surface area contributed by atoms with Gasteiger partial charge in [0.2, 0.25) is 5.82 Å². The van der Waals surface area contributed by atoms with Gasteiger partial charge in [-0.05, 0) is 35.4 Å². The molecule has 0 aliphatic heterocycles. The lowest BCUT2D eigenvalue weighted by Crippen LogP contribution is -2.05. The predicted molar refractivity (Wildman–Crippen MR) is 62.1 cm³/mol. The van der Waals surface area contributed by atoms with Gasteiger partial charge in [-0.25, -0.2) is 0 Å². The molecule has 1 fully saturated rings. The van der Waals surface area contributed by atoms with Gasteiger partial charge < -0.3 is 5.73 Å². The maximum Gasteiger partial charge on any atom is 0.305 e. The highest BCUT2D eigenvalue weighted by atomic mass is 19.1. The third kappa shape index (κ3) is 1.80. The fourth-order valence-electron chi connectivity index (χ4n) is 2.71. The molecule has 0 spiro atoms.